The van der Waals surface area contributed by atoms with Gasteiger partial charge in [-0.2, -0.15) is 0 Å². The average molecular weight is 481 g/mol. The molecule has 1 atom stereocenters. The van der Waals surface area contributed by atoms with Crippen LogP contribution in [0.5, 0.6) is 5.75 Å². The minimum atomic E-state index is -1.17. The number of hydrogen-bond donors (Lipinski definition) is 3. The van der Waals surface area contributed by atoms with E-state index in [-0.39, 0.29) is 29.3 Å². The van der Waals surface area contributed by atoms with E-state index in [0.29, 0.717) is 23.6 Å². The first-order chi connectivity index (χ1) is 16.4. The van der Waals surface area contributed by atoms with Crippen molar-refractivity contribution in [1.29, 1.82) is 5.41 Å². The highest BCUT2D eigenvalue weighted by Gasteiger charge is 2.31. The van der Waals surface area contributed by atoms with Crippen LogP contribution in [0.1, 0.15) is 77.8 Å². The van der Waals surface area contributed by atoms with Crippen molar-refractivity contribution >= 4 is 23.5 Å². The maximum Gasteiger partial charge on any atom is 0.325 e. The van der Waals surface area contributed by atoms with E-state index in [2.05, 4.69) is 10.3 Å². The van der Waals surface area contributed by atoms with Crippen LogP contribution >= 0.6 is 0 Å². The minimum Gasteiger partial charge on any atom is -0.496 e. The van der Waals surface area contributed by atoms with Gasteiger partial charge >= 0.3 is 5.97 Å². The van der Waals surface area contributed by atoms with Crippen LogP contribution in [0.15, 0.2) is 24.3 Å². The number of methoxy groups -OCH3 is 1. The van der Waals surface area contributed by atoms with Gasteiger partial charge in [0.2, 0.25) is 0 Å². The second kappa shape index (κ2) is 9.85. The lowest BCUT2D eigenvalue weighted by Gasteiger charge is -2.25. The number of amidine groups is 1. The Morgan fingerprint density at radius 2 is 1.94 bits per heavy atom. The van der Waals surface area contributed by atoms with Gasteiger partial charge in [-0.3, -0.25) is 19.8 Å². The molecule has 2 aromatic rings. The number of rotatable bonds is 8. The van der Waals surface area contributed by atoms with Crippen molar-refractivity contribution in [2.45, 2.75) is 59.0 Å². The van der Waals surface area contributed by atoms with Crippen molar-refractivity contribution < 1.29 is 24.2 Å². The van der Waals surface area contributed by atoms with Gasteiger partial charge in [0, 0.05) is 28.9 Å². The number of aliphatic carboxylic acids is 1. The second-order valence-electron chi connectivity index (χ2n) is 9.68. The van der Waals surface area contributed by atoms with Crippen molar-refractivity contribution in [3.8, 4) is 5.75 Å². The van der Waals surface area contributed by atoms with Gasteiger partial charge in [0.15, 0.2) is 5.78 Å². The molecule has 0 bridgehead atoms. The lowest BCUT2D eigenvalue weighted by Crippen LogP contribution is -2.38. The van der Waals surface area contributed by atoms with Gasteiger partial charge in [0.1, 0.15) is 23.3 Å². The second-order valence-corrected chi connectivity index (χ2v) is 9.68. The van der Waals surface area contributed by atoms with Gasteiger partial charge in [-0.25, -0.2) is 4.98 Å². The van der Waals surface area contributed by atoms with Gasteiger partial charge in [-0.1, -0.05) is 33.8 Å². The molecule has 1 amide bonds. The van der Waals surface area contributed by atoms with Crippen molar-refractivity contribution in [2.24, 2.45) is 0 Å². The Hall–Kier alpha value is -3.75. The summed E-state index contributed by atoms with van der Waals surface area (Å²) in [6, 6.07) is 5.89. The largest absolute Gasteiger partial charge is 0.496 e. The number of ether oxygens (including phenoxy) is 1. The van der Waals surface area contributed by atoms with Gasteiger partial charge in [0.25, 0.3) is 5.91 Å². The summed E-state index contributed by atoms with van der Waals surface area (Å²) >= 11 is 0. The third-order valence-electron chi connectivity index (χ3n) is 6.02. The van der Waals surface area contributed by atoms with Crippen LogP contribution in [0.3, 0.4) is 0 Å². The van der Waals surface area contributed by atoms with E-state index in [9.17, 15) is 19.5 Å². The van der Waals surface area contributed by atoms with Crippen LogP contribution in [0, 0.1) is 5.41 Å². The molecule has 9 nitrogen and oxygen atoms in total. The zero-order valence-corrected chi connectivity index (χ0v) is 21.0. The van der Waals surface area contributed by atoms with E-state index in [1.54, 1.807) is 11.0 Å². The van der Waals surface area contributed by atoms with E-state index in [1.807, 2.05) is 39.8 Å². The molecule has 35 heavy (non-hydrogen) atoms. The number of fused-ring (bicyclic) bond motifs is 1. The van der Waals surface area contributed by atoms with Crippen LogP contribution in [0.25, 0.3) is 0 Å². The molecule has 1 aliphatic rings. The molecule has 0 fully saturated rings. The third kappa shape index (κ3) is 5.34. The SMILES string of the molecule is CCc1ccc2c(n1)C(=N)N(CC(=O)c1cc(C(=O)NC(C)C(=O)O)c(OC)c(C(C)(C)C)c1)C2. The summed E-state index contributed by atoms with van der Waals surface area (Å²) in [6.45, 7) is 9.51. The van der Waals surface area contributed by atoms with Crippen LogP contribution in [0.2, 0.25) is 0 Å². The van der Waals surface area contributed by atoms with Crippen LogP contribution in [0.4, 0.5) is 0 Å². The number of aryl methyl sites for hydroxylation is 1. The molecule has 1 unspecified atom stereocenters. The Kier molecular flexibility index (Phi) is 7.28. The number of carboxylic acid groups (broad SMARTS) is 1. The molecule has 0 saturated carbocycles. The normalized spacial score (nSPS) is 13.9. The molecule has 0 spiro atoms. The Labute approximate surface area is 205 Å². The standard InChI is InChI=1S/C26H32N4O5/c1-7-17-9-8-15-12-30(23(27)21(15)29-17)13-20(31)16-10-18(24(32)28-14(2)25(33)34)22(35-6)19(11-16)26(3,4)5/h8-11,14,27H,7,12-13H2,1-6H3,(H,28,32)(H,33,34). The molecule has 3 N–H and O–H groups in total. The molecular weight excluding hydrogens is 448 g/mol. The van der Waals surface area contributed by atoms with Crippen molar-refractivity contribution in [3.63, 3.8) is 0 Å². The van der Waals surface area contributed by atoms with Crippen LogP contribution in [-0.2, 0) is 23.2 Å². The summed E-state index contributed by atoms with van der Waals surface area (Å²) in [5.41, 5.74) is 2.93. The Morgan fingerprint density at radius 1 is 1.26 bits per heavy atom. The fraction of sp³-hybridized carbons (Fsp3) is 0.423. The molecular formula is C26H32N4O5. The topological polar surface area (TPSA) is 133 Å². The maximum atomic E-state index is 13.4. The average Bonchev–Trinajstić information content (AvgIpc) is 3.11. The zero-order valence-electron chi connectivity index (χ0n) is 21.0. The molecule has 1 aromatic carbocycles. The zero-order chi connectivity index (χ0) is 26.1. The number of amides is 1. The molecule has 3 rings (SSSR count). The number of nitrogens with one attached hydrogen (secondary N) is 2. The third-order valence-corrected chi connectivity index (χ3v) is 6.02. The van der Waals surface area contributed by atoms with Crippen LogP contribution < -0.4 is 10.1 Å². The summed E-state index contributed by atoms with van der Waals surface area (Å²) in [5, 5.41) is 20.1. The fourth-order valence-corrected chi connectivity index (χ4v) is 3.96. The lowest BCUT2D eigenvalue weighted by atomic mass is 9.83. The number of pyridine rings is 1. The number of carboxylic acids is 1. The molecule has 0 radical (unpaired) electrons. The summed E-state index contributed by atoms with van der Waals surface area (Å²) in [5.74, 6) is -1.60. The number of nitrogens with zero attached hydrogens (tertiary/aromatic N) is 2. The molecule has 9 heteroatoms. The van der Waals surface area contributed by atoms with E-state index in [0.717, 1.165) is 17.7 Å². The molecule has 0 aliphatic carbocycles. The Balaban J connectivity index is 1.96. The van der Waals surface area contributed by atoms with Crippen molar-refractivity contribution in [1.82, 2.24) is 15.2 Å². The summed E-state index contributed by atoms with van der Waals surface area (Å²) < 4.78 is 5.54. The number of carbonyl (C=O) groups excluding carboxylic acids is 2. The predicted molar refractivity (Wildman–Crippen MR) is 131 cm³/mol. The lowest BCUT2D eigenvalue weighted by molar-refractivity contribution is -0.138. The fourth-order valence-electron chi connectivity index (χ4n) is 3.96. The number of aromatic nitrogens is 1. The summed E-state index contributed by atoms with van der Waals surface area (Å²) in [7, 11) is 1.43. The summed E-state index contributed by atoms with van der Waals surface area (Å²) in [6.07, 6.45) is 0.756. The highest BCUT2D eigenvalue weighted by Crippen LogP contribution is 2.36. The Morgan fingerprint density at radius 3 is 2.51 bits per heavy atom. The van der Waals surface area contributed by atoms with E-state index in [1.165, 1.54) is 20.1 Å². The smallest absolute Gasteiger partial charge is 0.325 e. The predicted octanol–water partition coefficient (Wildman–Crippen LogP) is 3.18. The maximum absolute atomic E-state index is 13.4. The van der Waals surface area contributed by atoms with Gasteiger partial charge in [0.05, 0.1) is 19.2 Å². The molecule has 0 saturated heterocycles. The number of ketones is 1. The van der Waals surface area contributed by atoms with Crippen molar-refractivity contribution in [3.05, 3.63) is 57.9 Å². The van der Waals surface area contributed by atoms with E-state index < -0.39 is 23.3 Å². The van der Waals surface area contributed by atoms with Crippen LogP contribution in [-0.4, -0.2) is 58.2 Å². The first kappa shape index (κ1) is 25.9. The van der Waals surface area contributed by atoms with Crippen molar-refractivity contribution in [2.75, 3.05) is 13.7 Å². The van der Waals surface area contributed by atoms with E-state index >= 15 is 0 Å². The van der Waals surface area contributed by atoms with Gasteiger partial charge < -0.3 is 20.1 Å². The summed E-state index contributed by atoms with van der Waals surface area (Å²) in [4.78, 5) is 43.8. The van der Waals surface area contributed by atoms with Gasteiger partial charge in [-0.15, -0.1) is 0 Å². The monoisotopic (exact) mass is 480 g/mol. The highest BCUT2D eigenvalue weighted by molar-refractivity contribution is 6.07. The number of benzene rings is 1. The molecule has 1 aromatic heterocycles. The highest BCUT2D eigenvalue weighted by atomic mass is 16.5. The molecule has 1 aliphatic heterocycles. The van der Waals surface area contributed by atoms with E-state index in [4.69, 9.17) is 10.1 Å². The Bertz CT molecular complexity index is 1200. The first-order valence-corrected chi connectivity index (χ1v) is 11.5. The number of carbonyl (C=O) groups is 3. The van der Waals surface area contributed by atoms with Gasteiger partial charge in [-0.05, 0) is 37.0 Å². The quantitative estimate of drug-likeness (QED) is 0.494. The first-order valence-electron chi connectivity index (χ1n) is 11.5. The number of Topliss-reactive ketones (excluding diaryl/α,β-unsaturated/α-hetero) is 1. The number of hydrogen-bond acceptors (Lipinski definition) is 6. The molecule has 186 valence electrons. The minimum absolute atomic E-state index is 0.0564. The molecule has 2 heterocycles.